The number of allylic oxidation sites excluding steroid dienone is 2. The first-order valence-corrected chi connectivity index (χ1v) is 19.0. The fourth-order valence-electron chi connectivity index (χ4n) is 4.71. The molecule has 3 aromatic rings. The van der Waals surface area contributed by atoms with Crippen molar-refractivity contribution in [3.05, 3.63) is 68.1 Å². The predicted molar refractivity (Wildman–Crippen MR) is 170 cm³/mol. The number of rotatable bonds is 14. The molecule has 1 aromatic heterocycles. The smallest absolute Gasteiger partial charge is 0.748 e. The average molecular weight is 714 g/mol. The summed E-state index contributed by atoms with van der Waals surface area (Å²) in [6, 6.07) is 11.4. The first-order valence-electron chi connectivity index (χ1n) is 13.5. The number of thiazole rings is 1. The van der Waals surface area contributed by atoms with E-state index in [2.05, 4.69) is 28.5 Å². The molecule has 0 aliphatic carbocycles. The molecule has 15 heteroatoms. The number of aromatic nitrogens is 1. The van der Waals surface area contributed by atoms with Crippen molar-refractivity contribution in [2.75, 3.05) is 23.0 Å². The van der Waals surface area contributed by atoms with E-state index in [9.17, 15) is 25.9 Å². The van der Waals surface area contributed by atoms with Crippen molar-refractivity contribution < 1.29 is 60.1 Å². The third-order valence-electron chi connectivity index (χ3n) is 6.59. The minimum atomic E-state index is -4.27. The Morgan fingerprint density at radius 1 is 0.953 bits per heavy atom. The Labute approximate surface area is 293 Å². The van der Waals surface area contributed by atoms with E-state index in [1.807, 2.05) is 36.4 Å². The molecule has 2 heterocycles. The topological polar surface area (TPSA) is 122 Å². The number of nitrogens with zero attached hydrogens (tertiary/aromatic N) is 2. The zero-order valence-electron chi connectivity index (χ0n) is 23.9. The monoisotopic (exact) mass is 712 g/mol. The number of fused-ring (bicyclic) bond motifs is 2. The van der Waals surface area contributed by atoms with Gasteiger partial charge in [-0.25, -0.2) is 16.8 Å². The predicted octanol–water partition coefficient (Wildman–Crippen LogP) is 3.79. The maximum Gasteiger partial charge on any atom is 1.00 e. The third-order valence-corrected chi connectivity index (χ3v) is 10.9. The average Bonchev–Trinajstić information content (AvgIpc) is 3.39. The van der Waals surface area contributed by atoms with Crippen LogP contribution in [-0.2, 0) is 26.8 Å². The second-order valence-electron chi connectivity index (χ2n) is 9.96. The molecule has 2 aromatic carbocycles. The van der Waals surface area contributed by atoms with E-state index in [-0.39, 0.29) is 42.4 Å². The first-order chi connectivity index (χ1) is 19.8. The van der Waals surface area contributed by atoms with Crippen LogP contribution in [0.15, 0.2) is 58.0 Å². The van der Waals surface area contributed by atoms with E-state index in [1.165, 1.54) is 0 Å². The van der Waals surface area contributed by atoms with Gasteiger partial charge >= 0.3 is 29.6 Å². The van der Waals surface area contributed by atoms with Crippen LogP contribution in [0.5, 0.6) is 0 Å². The molecule has 0 N–H and O–H groups in total. The van der Waals surface area contributed by atoms with Crippen LogP contribution in [0.25, 0.3) is 16.3 Å². The second kappa shape index (κ2) is 16.3. The maximum absolute atomic E-state index is 11.1. The number of hydrogen-bond acceptors (Lipinski definition) is 9. The quantitative estimate of drug-likeness (QED) is 0.107. The third kappa shape index (κ3) is 11.0. The molecule has 8 nitrogen and oxygen atoms in total. The summed E-state index contributed by atoms with van der Waals surface area (Å²) in [5, 5.41) is 3.16. The molecule has 0 bridgehead atoms. The Morgan fingerprint density at radius 2 is 1.60 bits per heavy atom. The molecule has 0 atom stereocenters. The van der Waals surface area contributed by atoms with Crippen molar-refractivity contribution in [1.29, 1.82) is 0 Å². The van der Waals surface area contributed by atoms with E-state index in [4.69, 9.17) is 23.2 Å². The van der Waals surface area contributed by atoms with Crippen LogP contribution in [0.1, 0.15) is 50.5 Å². The van der Waals surface area contributed by atoms with Crippen molar-refractivity contribution in [3.63, 3.8) is 0 Å². The van der Waals surface area contributed by atoms with Crippen molar-refractivity contribution in [3.8, 4) is 0 Å². The molecule has 1 aliphatic heterocycles. The Balaban J connectivity index is 0.00000506. The van der Waals surface area contributed by atoms with E-state index in [0.717, 1.165) is 49.3 Å². The fraction of sp³-hybridized carbons (Fsp3) is 0.393. The second-order valence-corrected chi connectivity index (χ2v) is 16.0. The maximum atomic E-state index is 11.1. The number of thioether (sulfide) groups is 1. The molecule has 0 spiro atoms. The van der Waals surface area contributed by atoms with Gasteiger partial charge < -0.3 is 14.0 Å². The molecule has 228 valence electrons. The van der Waals surface area contributed by atoms with E-state index in [0.29, 0.717) is 36.0 Å². The van der Waals surface area contributed by atoms with Crippen LogP contribution in [0.3, 0.4) is 0 Å². The van der Waals surface area contributed by atoms with Crippen LogP contribution >= 0.6 is 46.3 Å². The van der Waals surface area contributed by atoms with Crippen LogP contribution in [-0.4, -0.2) is 44.0 Å². The van der Waals surface area contributed by atoms with Crippen molar-refractivity contribution >= 4 is 88.5 Å². The van der Waals surface area contributed by atoms with Gasteiger partial charge in [-0.2, -0.15) is 4.57 Å². The number of anilines is 1. The summed E-state index contributed by atoms with van der Waals surface area (Å²) in [4.78, 5) is 3.16. The van der Waals surface area contributed by atoms with Crippen molar-refractivity contribution in [2.45, 2.75) is 56.9 Å². The molecule has 43 heavy (non-hydrogen) atoms. The molecule has 4 rings (SSSR count). The zero-order valence-corrected chi connectivity index (χ0v) is 30.7. The van der Waals surface area contributed by atoms with E-state index in [1.54, 1.807) is 23.1 Å². The number of benzene rings is 2. The minimum absolute atomic E-state index is 0. The summed E-state index contributed by atoms with van der Waals surface area (Å²) in [5.74, 6) is -0.791. The largest absolute Gasteiger partial charge is 1.00 e. The molecule has 0 radical (unpaired) electrons. The van der Waals surface area contributed by atoms with Gasteiger partial charge in [0.1, 0.15) is 4.70 Å². The first kappa shape index (κ1) is 36.8. The van der Waals surface area contributed by atoms with Gasteiger partial charge in [0.15, 0.2) is 6.54 Å². The normalized spacial score (nSPS) is 14.9. The number of hydrogen-bond donors (Lipinski definition) is 0. The van der Waals surface area contributed by atoms with Gasteiger partial charge in [0, 0.05) is 51.6 Å². The van der Waals surface area contributed by atoms with Crippen LogP contribution in [0.2, 0.25) is 10.0 Å². The molecule has 0 fully saturated rings. The van der Waals surface area contributed by atoms with E-state index >= 15 is 0 Å². The van der Waals surface area contributed by atoms with Crippen molar-refractivity contribution in [1.82, 2.24) is 0 Å². The Morgan fingerprint density at radius 3 is 2.28 bits per heavy atom. The van der Waals surface area contributed by atoms with Crippen LogP contribution in [0, 0.1) is 0 Å². The molecular weight excluding hydrogens is 682 g/mol. The van der Waals surface area contributed by atoms with E-state index < -0.39 is 31.7 Å². The summed E-state index contributed by atoms with van der Waals surface area (Å²) >= 11 is 15.9. The van der Waals surface area contributed by atoms with Gasteiger partial charge in [0.2, 0.25) is 5.52 Å². The number of halogens is 2. The molecule has 0 saturated heterocycles. The Kier molecular flexibility index (Phi) is 13.9. The summed E-state index contributed by atoms with van der Waals surface area (Å²) in [6.07, 6.45) is 7.56. The molecule has 0 amide bonds. The van der Waals surface area contributed by atoms with Gasteiger partial charge in [0.25, 0.3) is 5.01 Å². The summed E-state index contributed by atoms with van der Waals surface area (Å²) in [7, 11) is -8.54. The van der Waals surface area contributed by atoms with Crippen LogP contribution in [0.4, 0.5) is 5.69 Å². The van der Waals surface area contributed by atoms with Gasteiger partial charge in [-0.3, -0.25) is 0 Å². The van der Waals surface area contributed by atoms with Gasteiger partial charge in [0.05, 0.1) is 31.0 Å². The molecule has 0 unspecified atom stereocenters. The standard InChI is InChI=1S/C28H32Cl2N2O6S4.Na/c1-2-7-20(16-27-31(12-3-5-14-41(33,34)35)23-18-21(29)8-10-25(23)39-27)17-28-32(13-4-6-15-42(36,37)38)24-19-22(30)9-11-26(24)40-28;/h8-11,16-19H,2-7,12-15H2,1H3,(H-,33,34,35,36,37,38);/q;+1/p-1. The van der Waals surface area contributed by atoms with Gasteiger partial charge in [-0.05, 0) is 67.7 Å². The summed E-state index contributed by atoms with van der Waals surface area (Å²) < 4.78 is 69.8. The Hall–Kier alpha value is -0.640. The van der Waals surface area contributed by atoms with Crippen molar-refractivity contribution in [2.24, 2.45) is 0 Å². The fourth-order valence-corrected chi connectivity index (χ4v) is 8.45. The van der Waals surface area contributed by atoms with Gasteiger partial charge in [-0.1, -0.05) is 59.6 Å². The summed E-state index contributed by atoms with van der Waals surface area (Å²) in [6.45, 7) is 3.17. The SMILES string of the molecule is CCCC(=Cc1sc2ccc(Cl)cc2[n+]1CCCCS(=O)(=O)[O-])C=C1Sc2ccc(Cl)cc2N1CCCCS(=O)(=O)[O-].[Na+]. The Bertz CT molecular complexity index is 1730. The molecular formula is C28H31Cl2N2NaO6S4. The van der Waals surface area contributed by atoms with Gasteiger partial charge in [-0.15, -0.1) is 0 Å². The minimum Gasteiger partial charge on any atom is -0.748 e. The summed E-state index contributed by atoms with van der Waals surface area (Å²) in [5.41, 5.74) is 2.97. The van der Waals surface area contributed by atoms with Crippen LogP contribution < -0.4 is 39.0 Å². The number of unbranched alkanes of at least 4 members (excludes halogenated alkanes) is 2. The molecule has 0 saturated carbocycles. The number of aryl methyl sites for hydroxylation is 1. The molecule has 1 aliphatic rings. The zero-order chi connectivity index (χ0) is 30.5.